The normalized spacial score (nSPS) is 12.3. The van der Waals surface area contributed by atoms with Crippen molar-refractivity contribution < 1.29 is 23.7 Å². The number of hydrogen-bond donors (Lipinski definition) is 4. The van der Waals surface area contributed by atoms with Crippen molar-refractivity contribution in [2.75, 3.05) is 29.2 Å². The van der Waals surface area contributed by atoms with E-state index in [9.17, 15) is 23.7 Å². The van der Waals surface area contributed by atoms with Gasteiger partial charge in [0.15, 0.2) is 0 Å². The van der Waals surface area contributed by atoms with E-state index in [1.54, 1.807) is 30.3 Å². The summed E-state index contributed by atoms with van der Waals surface area (Å²) < 4.78 is 26.2. The summed E-state index contributed by atoms with van der Waals surface area (Å²) in [5, 5.41) is 27.7. The third kappa shape index (κ3) is 5.21. The Morgan fingerprint density at radius 3 is 2.05 bits per heavy atom. The topological polar surface area (TPSA) is 107 Å². The Bertz CT molecular complexity index is 482. The highest BCUT2D eigenvalue weighted by Crippen LogP contribution is 2.14. The summed E-state index contributed by atoms with van der Waals surface area (Å²) in [6.45, 7) is 0. The maximum atomic E-state index is 11.9. The lowest BCUT2D eigenvalue weighted by molar-refractivity contribution is 0.286. The fourth-order valence-corrected chi connectivity index (χ4v) is 4.84. The molecule has 0 amide bonds. The second kappa shape index (κ2) is 7.74. The molecule has 0 saturated carbocycles. The van der Waals surface area contributed by atoms with E-state index in [4.69, 9.17) is 0 Å². The highest BCUT2D eigenvalue weighted by Gasteiger charge is 2.31. The van der Waals surface area contributed by atoms with Gasteiger partial charge in [-0.3, -0.25) is 4.72 Å². The first-order valence-electron chi connectivity index (χ1n) is 6.35. The van der Waals surface area contributed by atoms with Crippen molar-refractivity contribution >= 4 is 23.8 Å². The first-order chi connectivity index (χ1) is 9.47. The minimum atomic E-state index is -3.45. The SMILES string of the molecule is O=S(=O)(CCC[Si](CO)(CO)CO)Nc1ccccc1. The predicted octanol–water partition coefficient (Wildman–Crippen LogP) is -0.138. The standard InChI is InChI=1S/C12H21NO5SSi/c14-9-20(10-15,11-16)8-4-7-19(17,18)13-12-5-2-1-3-6-12/h1-3,5-6,13-16H,4,7-11H2. The summed E-state index contributed by atoms with van der Waals surface area (Å²) in [6.07, 6.45) is -0.430. The van der Waals surface area contributed by atoms with Crippen LogP contribution in [0.1, 0.15) is 6.42 Å². The summed E-state index contributed by atoms with van der Waals surface area (Å²) in [4.78, 5) is 0. The molecule has 114 valence electrons. The zero-order chi connectivity index (χ0) is 15.1. The zero-order valence-corrected chi connectivity index (χ0v) is 13.0. The molecule has 0 saturated heterocycles. The molecule has 0 fully saturated rings. The van der Waals surface area contributed by atoms with E-state index >= 15 is 0 Å². The number of aliphatic hydroxyl groups excluding tert-OH is 3. The van der Waals surface area contributed by atoms with Gasteiger partial charge in [-0.2, -0.15) is 0 Å². The van der Waals surface area contributed by atoms with Crippen LogP contribution in [0.15, 0.2) is 30.3 Å². The van der Waals surface area contributed by atoms with Crippen molar-refractivity contribution in [3.63, 3.8) is 0 Å². The lowest BCUT2D eigenvalue weighted by Gasteiger charge is -2.24. The van der Waals surface area contributed by atoms with Gasteiger partial charge in [-0.1, -0.05) is 24.2 Å². The number of aliphatic hydroxyl groups is 3. The largest absolute Gasteiger partial charge is 0.399 e. The van der Waals surface area contributed by atoms with E-state index in [0.29, 0.717) is 18.2 Å². The molecular formula is C12H21NO5SSi. The van der Waals surface area contributed by atoms with E-state index < -0.39 is 18.1 Å². The van der Waals surface area contributed by atoms with Crippen LogP contribution in [0.5, 0.6) is 0 Å². The molecule has 0 aliphatic heterocycles. The lowest BCUT2D eigenvalue weighted by Crippen LogP contribution is -2.48. The van der Waals surface area contributed by atoms with Gasteiger partial charge in [-0.25, -0.2) is 8.42 Å². The van der Waals surface area contributed by atoms with Crippen LogP contribution in [-0.2, 0) is 10.0 Å². The van der Waals surface area contributed by atoms with Crippen molar-refractivity contribution in [2.24, 2.45) is 0 Å². The number of anilines is 1. The van der Waals surface area contributed by atoms with Crippen molar-refractivity contribution in [3.8, 4) is 0 Å². The molecule has 1 aromatic carbocycles. The molecule has 4 N–H and O–H groups in total. The molecule has 6 nitrogen and oxygen atoms in total. The molecule has 0 unspecified atom stereocenters. The van der Waals surface area contributed by atoms with Gasteiger partial charge in [0.2, 0.25) is 10.0 Å². The Hall–Kier alpha value is -0.933. The summed E-state index contributed by atoms with van der Waals surface area (Å²) in [5.74, 6) is -0.101. The van der Waals surface area contributed by atoms with Crippen LogP contribution in [0.25, 0.3) is 0 Å². The number of para-hydroxylation sites is 1. The van der Waals surface area contributed by atoms with Gasteiger partial charge in [0.1, 0.15) is 8.07 Å². The second-order valence-corrected chi connectivity index (χ2v) is 11.2. The van der Waals surface area contributed by atoms with Gasteiger partial charge in [0.05, 0.1) is 5.75 Å². The van der Waals surface area contributed by atoms with Gasteiger partial charge >= 0.3 is 0 Å². The molecule has 0 heterocycles. The first-order valence-corrected chi connectivity index (χ1v) is 10.8. The monoisotopic (exact) mass is 319 g/mol. The summed E-state index contributed by atoms with van der Waals surface area (Å²) in [6, 6.07) is 8.95. The molecule has 0 bridgehead atoms. The third-order valence-corrected chi connectivity index (χ3v) is 7.97. The Kier molecular flexibility index (Phi) is 6.63. The zero-order valence-electron chi connectivity index (χ0n) is 11.2. The predicted molar refractivity (Wildman–Crippen MR) is 80.3 cm³/mol. The third-order valence-electron chi connectivity index (χ3n) is 3.17. The number of hydrogen-bond acceptors (Lipinski definition) is 5. The first kappa shape index (κ1) is 17.1. The van der Waals surface area contributed by atoms with E-state index in [1.807, 2.05) is 0 Å². The molecule has 0 radical (unpaired) electrons. The lowest BCUT2D eigenvalue weighted by atomic mass is 10.3. The van der Waals surface area contributed by atoms with Crippen LogP contribution in [0.4, 0.5) is 5.69 Å². The highest BCUT2D eigenvalue weighted by molar-refractivity contribution is 7.92. The smallest absolute Gasteiger partial charge is 0.232 e. The quantitative estimate of drug-likeness (QED) is 0.474. The van der Waals surface area contributed by atoms with Crippen LogP contribution in [0, 0.1) is 0 Å². The van der Waals surface area contributed by atoms with Gasteiger partial charge in [-0.15, -0.1) is 0 Å². The molecule has 0 spiro atoms. The van der Waals surface area contributed by atoms with Crippen molar-refractivity contribution in [1.29, 1.82) is 0 Å². The maximum Gasteiger partial charge on any atom is 0.232 e. The molecule has 0 aliphatic carbocycles. The van der Waals surface area contributed by atoms with Crippen LogP contribution < -0.4 is 4.72 Å². The molecule has 1 rings (SSSR count). The van der Waals surface area contributed by atoms with Crippen LogP contribution in [-0.4, -0.2) is 56.3 Å². The summed E-state index contributed by atoms with van der Waals surface area (Å²) in [7, 11) is -5.99. The van der Waals surface area contributed by atoms with Gasteiger partial charge in [0.25, 0.3) is 0 Å². The van der Waals surface area contributed by atoms with Crippen LogP contribution >= 0.6 is 0 Å². The Morgan fingerprint density at radius 2 is 1.55 bits per heavy atom. The molecular weight excluding hydrogens is 298 g/mol. The molecule has 0 aromatic heterocycles. The molecule has 0 aliphatic rings. The Morgan fingerprint density at radius 1 is 1.00 bits per heavy atom. The van der Waals surface area contributed by atoms with Gasteiger partial charge in [0, 0.05) is 24.4 Å². The van der Waals surface area contributed by atoms with Crippen molar-refractivity contribution in [3.05, 3.63) is 30.3 Å². The fraction of sp³-hybridized carbons (Fsp3) is 0.500. The summed E-state index contributed by atoms with van der Waals surface area (Å²) >= 11 is 0. The minimum Gasteiger partial charge on any atom is -0.399 e. The number of rotatable bonds is 9. The van der Waals surface area contributed by atoms with Gasteiger partial charge in [-0.05, 0) is 18.6 Å². The highest BCUT2D eigenvalue weighted by atomic mass is 32.2. The Balaban J connectivity index is 2.52. The van der Waals surface area contributed by atoms with Crippen molar-refractivity contribution in [1.82, 2.24) is 0 Å². The minimum absolute atomic E-state index is 0.101. The van der Waals surface area contributed by atoms with E-state index in [0.717, 1.165) is 0 Å². The number of benzene rings is 1. The van der Waals surface area contributed by atoms with E-state index in [-0.39, 0.29) is 24.4 Å². The average Bonchev–Trinajstić information content (AvgIpc) is 2.45. The van der Waals surface area contributed by atoms with Crippen molar-refractivity contribution in [2.45, 2.75) is 12.5 Å². The second-order valence-electron chi connectivity index (χ2n) is 4.86. The molecule has 20 heavy (non-hydrogen) atoms. The van der Waals surface area contributed by atoms with E-state index in [1.165, 1.54) is 0 Å². The van der Waals surface area contributed by atoms with E-state index in [2.05, 4.69) is 4.72 Å². The number of sulfonamides is 1. The summed E-state index contributed by atoms with van der Waals surface area (Å²) in [5.41, 5.74) is 0.502. The number of nitrogens with one attached hydrogen (secondary N) is 1. The van der Waals surface area contributed by atoms with Gasteiger partial charge < -0.3 is 15.3 Å². The Labute approximate surface area is 120 Å². The average molecular weight is 319 g/mol. The maximum absolute atomic E-state index is 11.9. The van der Waals surface area contributed by atoms with Crippen LogP contribution in [0.2, 0.25) is 6.04 Å². The molecule has 0 atom stereocenters. The van der Waals surface area contributed by atoms with Crippen LogP contribution in [0.3, 0.4) is 0 Å². The molecule has 1 aromatic rings. The fourth-order valence-electron chi connectivity index (χ4n) is 1.76. The molecule has 8 heteroatoms.